The Bertz CT molecular complexity index is 875. The quantitative estimate of drug-likeness (QED) is 0.544. The van der Waals surface area contributed by atoms with Crippen LogP contribution in [0.25, 0.3) is 0 Å². The number of rotatable bonds is 6. The van der Waals surface area contributed by atoms with Crippen molar-refractivity contribution in [1.29, 1.82) is 0 Å². The Balaban J connectivity index is 1.40. The Labute approximate surface area is 200 Å². The lowest BCUT2D eigenvalue weighted by molar-refractivity contribution is -0.132. The first kappa shape index (κ1) is 22.9. The van der Waals surface area contributed by atoms with Crippen LogP contribution >= 0.6 is 0 Å². The molecule has 5 rings (SSSR count). The molecule has 3 aliphatic heterocycles. The molecule has 0 N–H and O–H groups in total. The highest BCUT2D eigenvalue weighted by Gasteiger charge is 2.43. The second kappa shape index (κ2) is 10.1. The predicted octanol–water partition coefficient (Wildman–Crippen LogP) is 4.87. The van der Waals surface area contributed by atoms with Gasteiger partial charge in [0, 0.05) is 44.8 Å². The molecule has 0 spiro atoms. The molecule has 3 heterocycles. The fourth-order valence-corrected chi connectivity index (χ4v) is 6.83. The first-order valence-corrected chi connectivity index (χ1v) is 13.3. The number of hydrogen-bond donors (Lipinski definition) is 0. The summed E-state index contributed by atoms with van der Waals surface area (Å²) >= 11 is 0. The molecule has 2 aliphatic carbocycles. The third kappa shape index (κ3) is 4.83. The van der Waals surface area contributed by atoms with Gasteiger partial charge in [0.25, 0.3) is 0 Å². The van der Waals surface area contributed by atoms with E-state index in [4.69, 9.17) is 0 Å². The molecule has 0 aromatic carbocycles. The van der Waals surface area contributed by atoms with Gasteiger partial charge in [0.05, 0.1) is 12.0 Å². The minimum atomic E-state index is 0.0263. The zero-order valence-corrected chi connectivity index (χ0v) is 20.4. The van der Waals surface area contributed by atoms with Crippen LogP contribution in [0.4, 0.5) is 0 Å². The maximum atomic E-state index is 13.0. The highest BCUT2D eigenvalue weighted by molar-refractivity contribution is 5.81. The molecule has 0 aromatic heterocycles. The van der Waals surface area contributed by atoms with Crippen molar-refractivity contribution < 1.29 is 4.79 Å². The molecule has 33 heavy (non-hydrogen) atoms. The molecule has 0 aromatic rings. The molecule has 3 fully saturated rings. The molecule has 4 unspecified atom stereocenters. The maximum absolute atomic E-state index is 13.0. The fraction of sp³-hybridized carbons (Fsp3) is 0.621. The van der Waals surface area contributed by atoms with Crippen LogP contribution in [0.2, 0.25) is 0 Å². The zero-order valence-electron chi connectivity index (χ0n) is 20.4. The number of amides is 1. The summed E-state index contributed by atoms with van der Waals surface area (Å²) in [6, 6.07) is 1.61. The van der Waals surface area contributed by atoms with Gasteiger partial charge in [-0.2, -0.15) is 0 Å². The van der Waals surface area contributed by atoms with Gasteiger partial charge in [-0.3, -0.25) is 14.6 Å². The van der Waals surface area contributed by atoms with Crippen LogP contribution in [0.1, 0.15) is 58.3 Å². The SMILES string of the molecule is C=CCN1CCC2CCC(C1)N2C(C1=CCC(C(=O)N2CCCC2)C=C1)C1=CC(C)=CCC1. The van der Waals surface area contributed by atoms with Crippen molar-refractivity contribution >= 4 is 5.91 Å². The number of nitrogens with zero attached hydrogens (tertiary/aromatic N) is 3. The largest absolute Gasteiger partial charge is 0.342 e. The molecule has 5 aliphatic rings. The summed E-state index contributed by atoms with van der Waals surface area (Å²) in [4.78, 5) is 20.5. The van der Waals surface area contributed by atoms with Gasteiger partial charge < -0.3 is 4.90 Å². The van der Waals surface area contributed by atoms with E-state index in [1.165, 1.54) is 37.0 Å². The summed E-state index contributed by atoms with van der Waals surface area (Å²) in [6.45, 7) is 11.4. The van der Waals surface area contributed by atoms with Crippen LogP contribution in [-0.2, 0) is 4.79 Å². The van der Waals surface area contributed by atoms with E-state index in [2.05, 4.69) is 64.7 Å². The first-order valence-electron chi connectivity index (χ1n) is 13.3. The van der Waals surface area contributed by atoms with Crippen molar-refractivity contribution in [3.8, 4) is 0 Å². The lowest BCUT2D eigenvalue weighted by Gasteiger charge is -2.40. The molecule has 0 saturated carbocycles. The minimum Gasteiger partial charge on any atom is -0.342 e. The highest BCUT2D eigenvalue weighted by atomic mass is 16.2. The summed E-state index contributed by atoms with van der Waals surface area (Å²) in [6.07, 6.45) is 23.2. The summed E-state index contributed by atoms with van der Waals surface area (Å²) in [5.74, 6) is 0.361. The van der Waals surface area contributed by atoms with Gasteiger partial charge >= 0.3 is 0 Å². The van der Waals surface area contributed by atoms with Crippen LogP contribution in [0.3, 0.4) is 0 Å². The lowest BCUT2D eigenvalue weighted by atomic mass is 9.84. The van der Waals surface area contributed by atoms with Crippen LogP contribution in [0.5, 0.6) is 0 Å². The van der Waals surface area contributed by atoms with Crippen LogP contribution in [-0.4, -0.2) is 71.5 Å². The van der Waals surface area contributed by atoms with Crippen molar-refractivity contribution in [3.63, 3.8) is 0 Å². The van der Waals surface area contributed by atoms with Crippen molar-refractivity contribution in [1.82, 2.24) is 14.7 Å². The van der Waals surface area contributed by atoms with Gasteiger partial charge in [0.15, 0.2) is 0 Å². The molecule has 1 amide bonds. The van der Waals surface area contributed by atoms with Gasteiger partial charge in [0.1, 0.15) is 0 Å². The molecule has 4 nitrogen and oxygen atoms in total. The monoisotopic (exact) mass is 447 g/mol. The molecular weight excluding hydrogens is 406 g/mol. The normalized spacial score (nSPS) is 31.6. The predicted molar refractivity (Wildman–Crippen MR) is 136 cm³/mol. The summed E-state index contributed by atoms with van der Waals surface area (Å²) in [5, 5.41) is 0. The van der Waals surface area contributed by atoms with Crippen LogP contribution < -0.4 is 0 Å². The first-order chi connectivity index (χ1) is 16.1. The van der Waals surface area contributed by atoms with Gasteiger partial charge in [-0.1, -0.05) is 42.0 Å². The molecule has 2 bridgehead atoms. The minimum absolute atomic E-state index is 0.0263. The number of carbonyl (C=O) groups is 1. The summed E-state index contributed by atoms with van der Waals surface area (Å²) in [5.41, 5.74) is 4.40. The van der Waals surface area contributed by atoms with Crippen LogP contribution in [0, 0.1) is 5.92 Å². The second-order valence-corrected chi connectivity index (χ2v) is 10.7. The molecule has 4 atom stereocenters. The Hall–Kier alpha value is -1.91. The Kier molecular flexibility index (Phi) is 7.03. The van der Waals surface area contributed by atoms with E-state index in [-0.39, 0.29) is 5.92 Å². The smallest absolute Gasteiger partial charge is 0.229 e. The second-order valence-electron chi connectivity index (χ2n) is 10.7. The molecular formula is C29H41N3O. The lowest BCUT2D eigenvalue weighted by Crippen LogP contribution is -2.47. The zero-order chi connectivity index (χ0) is 22.8. The Morgan fingerprint density at radius 2 is 1.97 bits per heavy atom. The van der Waals surface area contributed by atoms with E-state index in [1.54, 1.807) is 5.57 Å². The highest BCUT2D eigenvalue weighted by Crippen LogP contribution is 2.40. The van der Waals surface area contributed by atoms with Gasteiger partial charge in [0.2, 0.25) is 5.91 Å². The van der Waals surface area contributed by atoms with E-state index in [0.29, 0.717) is 24.0 Å². The fourth-order valence-electron chi connectivity index (χ4n) is 6.83. The summed E-state index contributed by atoms with van der Waals surface area (Å²) < 4.78 is 0. The number of likely N-dealkylation sites (tertiary alicyclic amines) is 2. The van der Waals surface area contributed by atoms with Gasteiger partial charge in [-0.25, -0.2) is 0 Å². The van der Waals surface area contributed by atoms with Gasteiger partial charge in [-0.15, -0.1) is 6.58 Å². The van der Waals surface area contributed by atoms with E-state index in [0.717, 1.165) is 58.3 Å². The van der Waals surface area contributed by atoms with E-state index >= 15 is 0 Å². The molecule has 178 valence electrons. The van der Waals surface area contributed by atoms with Crippen molar-refractivity contribution in [3.05, 3.63) is 59.8 Å². The number of carbonyl (C=O) groups excluding carboxylic acids is 1. The molecule has 3 saturated heterocycles. The topological polar surface area (TPSA) is 26.8 Å². The average Bonchev–Trinajstić information content (AvgIpc) is 3.45. The van der Waals surface area contributed by atoms with Crippen molar-refractivity contribution in [2.75, 3.05) is 32.7 Å². The maximum Gasteiger partial charge on any atom is 0.229 e. The molecule has 0 radical (unpaired) electrons. The standard InChI is InChI=1S/C29H41N3O/c1-3-16-30-19-15-26-13-14-27(21-30)32(26)28(25-8-6-7-22(2)20-25)23-9-11-24(12-10-23)29(33)31-17-4-5-18-31/h3,7,9-11,20,24,26-28H,1,4-6,8,12-19,21H2,2H3. The Morgan fingerprint density at radius 3 is 2.70 bits per heavy atom. The number of fused-ring (bicyclic) bond motifs is 2. The van der Waals surface area contributed by atoms with E-state index in [1.807, 2.05) is 0 Å². The van der Waals surface area contributed by atoms with E-state index in [9.17, 15) is 4.79 Å². The number of allylic oxidation sites excluding steroid dienone is 4. The average molecular weight is 448 g/mol. The van der Waals surface area contributed by atoms with Crippen LogP contribution in [0.15, 0.2) is 59.8 Å². The van der Waals surface area contributed by atoms with Crippen molar-refractivity contribution in [2.45, 2.75) is 76.4 Å². The number of hydrogen-bond acceptors (Lipinski definition) is 3. The van der Waals surface area contributed by atoms with Crippen molar-refractivity contribution in [2.24, 2.45) is 5.92 Å². The van der Waals surface area contributed by atoms with Gasteiger partial charge in [-0.05, 0) is 69.4 Å². The molecule has 4 heteroatoms. The summed E-state index contributed by atoms with van der Waals surface area (Å²) in [7, 11) is 0. The third-order valence-corrected chi connectivity index (χ3v) is 8.45. The third-order valence-electron chi connectivity index (χ3n) is 8.45. The Morgan fingerprint density at radius 1 is 1.15 bits per heavy atom. The van der Waals surface area contributed by atoms with E-state index < -0.39 is 0 Å².